The third-order valence-corrected chi connectivity index (χ3v) is 8.32. The number of aliphatic hydroxyl groups is 2. The summed E-state index contributed by atoms with van der Waals surface area (Å²) in [6, 6.07) is 21.2. The van der Waals surface area contributed by atoms with Crippen molar-refractivity contribution in [1.82, 2.24) is 4.90 Å². The molecule has 224 valence electrons. The van der Waals surface area contributed by atoms with Crippen molar-refractivity contribution in [2.75, 3.05) is 30.5 Å². The highest BCUT2D eigenvalue weighted by Crippen LogP contribution is 2.47. The summed E-state index contributed by atoms with van der Waals surface area (Å²) in [7, 11) is 1.53. The number of hydrogen-bond acceptors (Lipinski definition) is 6. The van der Waals surface area contributed by atoms with Crippen molar-refractivity contribution in [3.05, 3.63) is 102 Å². The van der Waals surface area contributed by atoms with Gasteiger partial charge in [-0.1, -0.05) is 49.4 Å². The number of carbonyl (C=O) groups is 3. The third kappa shape index (κ3) is 6.04. The minimum Gasteiger partial charge on any atom is -0.497 e. The van der Waals surface area contributed by atoms with Crippen LogP contribution in [0.1, 0.15) is 47.7 Å². The number of hydrogen-bond donors (Lipinski definition) is 3. The largest absolute Gasteiger partial charge is 0.497 e. The van der Waals surface area contributed by atoms with Gasteiger partial charge in [0.2, 0.25) is 5.91 Å². The van der Waals surface area contributed by atoms with Crippen LogP contribution in [0.4, 0.5) is 11.4 Å². The predicted octanol–water partition coefficient (Wildman–Crippen LogP) is 4.25. The number of rotatable bonds is 10. The second-order valence-corrected chi connectivity index (χ2v) is 11.0. The van der Waals surface area contributed by atoms with Crippen LogP contribution < -0.4 is 15.0 Å². The summed E-state index contributed by atoms with van der Waals surface area (Å²) in [5.41, 5.74) is 0.991. The number of nitrogens with one attached hydrogen (secondary N) is 1. The lowest BCUT2D eigenvalue weighted by Crippen LogP contribution is -2.44. The number of amides is 3. The summed E-state index contributed by atoms with van der Waals surface area (Å²) >= 11 is 0. The lowest BCUT2D eigenvalue weighted by Gasteiger charge is -2.28. The molecule has 9 heteroatoms. The minimum atomic E-state index is -1.89. The molecule has 0 unspecified atom stereocenters. The molecule has 2 heterocycles. The Bertz CT molecular complexity index is 1520. The summed E-state index contributed by atoms with van der Waals surface area (Å²) in [5.74, 6) is -0.969. The molecule has 3 aromatic carbocycles. The van der Waals surface area contributed by atoms with Crippen LogP contribution >= 0.6 is 0 Å². The molecule has 3 N–H and O–H groups in total. The number of anilines is 2. The third-order valence-electron chi connectivity index (χ3n) is 8.32. The standard InChI is InChI=1S/C34H37N3O6/c1-23(9-6-15-31(39)36-18-8-14-27(36)22-38)34(42)29-20-28(43-2)16-17-30(29)37(33(34)41)21-24-10-7-13-26(19-24)35-32(40)25-11-4-3-5-12-25/h3-7,9-13,16-17,19-20,23,27,38,42H,8,14-15,18,21-22H2,1-2H3,(H,35,40)/b9-6+/t23-,27+,34+/m1/s1. The molecular weight excluding hydrogens is 546 g/mol. The fraction of sp³-hybridized carbons (Fsp3) is 0.324. The van der Waals surface area contributed by atoms with E-state index in [-0.39, 0.29) is 37.4 Å². The van der Waals surface area contributed by atoms with E-state index in [4.69, 9.17) is 4.74 Å². The van der Waals surface area contributed by atoms with E-state index < -0.39 is 17.4 Å². The topological polar surface area (TPSA) is 119 Å². The quantitative estimate of drug-likeness (QED) is 0.307. The Balaban J connectivity index is 1.36. The number of fused-ring (bicyclic) bond motifs is 1. The Morgan fingerprint density at radius 1 is 1.12 bits per heavy atom. The summed E-state index contributed by atoms with van der Waals surface area (Å²) < 4.78 is 5.41. The first-order chi connectivity index (χ1) is 20.8. The summed E-state index contributed by atoms with van der Waals surface area (Å²) in [6.45, 7) is 2.48. The summed E-state index contributed by atoms with van der Waals surface area (Å²) in [4.78, 5) is 42.7. The number of nitrogens with zero attached hydrogens (tertiary/aromatic N) is 2. The fourth-order valence-electron chi connectivity index (χ4n) is 5.92. The SMILES string of the molecule is COc1ccc2c(c1)[C@@](O)([C@H](C)/C=C/CC(=O)N1CCC[C@H]1CO)C(=O)N2Cc1cccc(NC(=O)c2ccccc2)c1. The highest BCUT2D eigenvalue weighted by Gasteiger charge is 2.52. The first-order valence-electron chi connectivity index (χ1n) is 14.5. The molecule has 2 aliphatic heterocycles. The molecule has 0 spiro atoms. The molecule has 1 fully saturated rings. The number of carbonyl (C=O) groups excluding carboxylic acids is 3. The van der Waals surface area contributed by atoms with E-state index in [1.807, 2.05) is 24.3 Å². The number of methoxy groups -OCH3 is 1. The average molecular weight is 584 g/mol. The predicted molar refractivity (Wildman–Crippen MR) is 164 cm³/mol. The molecule has 43 heavy (non-hydrogen) atoms. The smallest absolute Gasteiger partial charge is 0.264 e. The van der Waals surface area contributed by atoms with Gasteiger partial charge in [-0.15, -0.1) is 0 Å². The molecule has 3 amide bonds. The molecule has 2 aliphatic rings. The van der Waals surface area contributed by atoms with Gasteiger partial charge in [-0.25, -0.2) is 0 Å². The van der Waals surface area contributed by atoms with Gasteiger partial charge < -0.3 is 30.1 Å². The van der Waals surface area contributed by atoms with E-state index in [9.17, 15) is 24.6 Å². The second kappa shape index (κ2) is 12.8. The van der Waals surface area contributed by atoms with Gasteiger partial charge in [0.15, 0.2) is 5.60 Å². The molecule has 9 nitrogen and oxygen atoms in total. The van der Waals surface area contributed by atoms with Crippen LogP contribution in [-0.4, -0.2) is 59.1 Å². The normalized spacial score (nSPS) is 20.4. The average Bonchev–Trinajstić information content (AvgIpc) is 3.59. The molecule has 1 saturated heterocycles. The van der Waals surface area contributed by atoms with Crippen LogP contribution in [0.2, 0.25) is 0 Å². The first-order valence-corrected chi connectivity index (χ1v) is 14.5. The molecule has 3 aromatic rings. The zero-order chi connectivity index (χ0) is 30.6. The maximum atomic E-state index is 14.0. The maximum Gasteiger partial charge on any atom is 0.264 e. The van der Waals surface area contributed by atoms with Crippen LogP contribution in [0.25, 0.3) is 0 Å². The van der Waals surface area contributed by atoms with Crippen molar-refractivity contribution in [2.24, 2.45) is 5.92 Å². The van der Waals surface area contributed by atoms with Gasteiger partial charge in [0, 0.05) is 35.7 Å². The first kappa shape index (κ1) is 30.0. The lowest BCUT2D eigenvalue weighted by molar-refractivity contribution is -0.139. The van der Waals surface area contributed by atoms with E-state index in [0.29, 0.717) is 34.8 Å². The van der Waals surface area contributed by atoms with Gasteiger partial charge >= 0.3 is 0 Å². The molecule has 0 saturated carbocycles. The zero-order valence-corrected chi connectivity index (χ0v) is 24.4. The second-order valence-electron chi connectivity index (χ2n) is 11.0. The van der Waals surface area contributed by atoms with Gasteiger partial charge in [0.05, 0.1) is 32.0 Å². The lowest BCUT2D eigenvalue weighted by atomic mass is 9.83. The number of aliphatic hydroxyl groups excluding tert-OH is 1. The molecule has 3 atom stereocenters. The van der Waals surface area contributed by atoms with E-state index >= 15 is 0 Å². The van der Waals surface area contributed by atoms with Gasteiger partial charge in [0.1, 0.15) is 5.75 Å². The van der Waals surface area contributed by atoms with Crippen molar-refractivity contribution in [3.8, 4) is 5.75 Å². The Morgan fingerprint density at radius 3 is 2.65 bits per heavy atom. The number of ether oxygens (including phenoxy) is 1. The minimum absolute atomic E-state index is 0.0587. The monoisotopic (exact) mass is 583 g/mol. The Labute approximate surface area is 251 Å². The number of likely N-dealkylation sites (tertiary alicyclic amines) is 1. The van der Waals surface area contributed by atoms with E-state index in [1.54, 1.807) is 77.4 Å². The van der Waals surface area contributed by atoms with Gasteiger partial charge in [-0.05, 0) is 60.9 Å². The molecule has 0 bridgehead atoms. The highest BCUT2D eigenvalue weighted by molar-refractivity contribution is 6.07. The van der Waals surface area contributed by atoms with Crippen molar-refractivity contribution >= 4 is 29.1 Å². The Morgan fingerprint density at radius 2 is 1.91 bits per heavy atom. The Kier molecular flexibility index (Phi) is 8.94. The maximum absolute atomic E-state index is 14.0. The van der Waals surface area contributed by atoms with Gasteiger partial charge in [0.25, 0.3) is 11.8 Å². The van der Waals surface area contributed by atoms with Crippen LogP contribution in [0.15, 0.2) is 84.9 Å². The van der Waals surface area contributed by atoms with Crippen LogP contribution in [0.3, 0.4) is 0 Å². The Hall–Kier alpha value is -4.47. The highest BCUT2D eigenvalue weighted by atomic mass is 16.5. The van der Waals surface area contributed by atoms with Gasteiger partial charge in [-0.3, -0.25) is 14.4 Å². The van der Waals surface area contributed by atoms with Crippen molar-refractivity contribution in [2.45, 2.75) is 44.4 Å². The molecule has 0 radical (unpaired) electrons. The molecule has 0 aromatic heterocycles. The summed E-state index contributed by atoms with van der Waals surface area (Å²) in [6.07, 6.45) is 5.15. The molecular formula is C34H37N3O6. The van der Waals surface area contributed by atoms with Crippen molar-refractivity contribution in [3.63, 3.8) is 0 Å². The van der Waals surface area contributed by atoms with Crippen molar-refractivity contribution < 1.29 is 29.3 Å². The van der Waals surface area contributed by atoms with E-state index in [0.717, 1.165) is 18.4 Å². The van der Waals surface area contributed by atoms with E-state index in [2.05, 4.69) is 5.32 Å². The van der Waals surface area contributed by atoms with E-state index in [1.165, 1.54) is 7.11 Å². The van der Waals surface area contributed by atoms with Crippen LogP contribution in [0.5, 0.6) is 5.75 Å². The van der Waals surface area contributed by atoms with Gasteiger partial charge in [-0.2, -0.15) is 0 Å². The summed E-state index contributed by atoms with van der Waals surface area (Å²) in [5, 5.41) is 24.5. The van der Waals surface area contributed by atoms with Crippen molar-refractivity contribution in [1.29, 1.82) is 0 Å². The fourth-order valence-corrected chi connectivity index (χ4v) is 5.92. The molecule has 0 aliphatic carbocycles. The molecule has 5 rings (SSSR count). The van der Waals surface area contributed by atoms with Crippen LogP contribution in [-0.2, 0) is 21.7 Å². The zero-order valence-electron chi connectivity index (χ0n) is 24.4. The van der Waals surface area contributed by atoms with Crippen LogP contribution in [0, 0.1) is 5.92 Å². The number of benzene rings is 3.